The van der Waals surface area contributed by atoms with Crippen LogP contribution in [-0.4, -0.2) is 15.6 Å². The Morgan fingerprint density at radius 2 is 2.40 bits per heavy atom. The number of nitrogens with zero attached hydrogens (tertiary/aromatic N) is 2. The van der Waals surface area contributed by atoms with Crippen molar-refractivity contribution in [3.8, 4) is 0 Å². The van der Waals surface area contributed by atoms with Crippen molar-refractivity contribution in [3.63, 3.8) is 0 Å². The fourth-order valence-electron chi connectivity index (χ4n) is 1.34. The van der Waals surface area contributed by atoms with Crippen LogP contribution in [0.5, 0.6) is 0 Å². The van der Waals surface area contributed by atoms with E-state index in [0.29, 0.717) is 6.54 Å². The second-order valence-electron chi connectivity index (χ2n) is 3.25. The molecule has 0 amide bonds. The Hall–Kier alpha value is -1.42. The van der Waals surface area contributed by atoms with Gasteiger partial charge in [0.2, 0.25) is 0 Å². The Bertz CT molecular complexity index is 445. The standard InChI is InChI=1S/C11H12N2OS/c1-2-9-4-5-11(15-9)10(14)8-13-7-3-6-12-13/h3-7H,2,8H2,1H3. The lowest BCUT2D eigenvalue weighted by molar-refractivity contribution is 0.0971. The highest BCUT2D eigenvalue weighted by Crippen LogP contribution is 2.17. The van der Waals surface area contributed by atoms with Gasteiger partial charge in [-0.2, -0.15) is 5.10 Å². The molecule has 0 spiro atoms. The molecular formula is C11H12N2OS. The molecule has 78 valence electrons. The zero-order chi connectivity index (χ0) is 10.7. The first-order valence-corrected chi connectivity index (χ1v) is 5.70. The lowest BCUT2D eigenvalue weighted by atomic mass is 10.3. The van der Waals surface area contributed by atoms with E-state index < -0.39 is 0 Å². The van der Waals surface area contributed by atoms with Gasteiger partial charge >= 0.3 is 0 Å². The van der Waals surface area contributed by atoms with Crippen molar-refractivity contribution in [2.45, 2.75) is 19.9 Å². The van der Waals surface area contributed by atoms with E-state index in [1.807, 2.05) is 18.2 Å². The van der Waals surface area contributed by atoms with E-state index in [1.54, 1.807) is 28.4 Å². The van der Waals surface area contributed by atoms with Gasteiger partial charge in [-0.1, -0.05) is 6.92 Å². The molecule has 0 N–H and O–H groups in total. The molecule has 0 aliphatic rings. The summed E-state index contributed by atoms with van der Waals surface area (Å²) in [6, 6.07) is 5.73. The highest BCUT2D eigenvalue weighted by molar-refractivity contribution is 7.14. The molecule has 0 radical (unpaired) electrons. The fraction of sp³-hybridized carbons (Fsp3) is 0.273. The van der Waals surface area contributed by atoms with E-state index >= 15 is 0 Å². The minimum atomic E-state index is 0.128. The zero-order valence-electron chi connectivity index (χ0n) is 8.51. The van der Waals surface area contributed by atoms with Crippen molar-refractivity contribution < 1.29 is 4.79 Å². The maximum absolute atomic E-state index is 11.8. The van der Waals surface area contributed by atoms with Crippen LogP contribution >= 0.6 is 11.3 Å². The summed E-state index contributed by atoms with van der Waals surface area (Å²) in [6.07, 6.45) is 4.46. The van der Waals surface area contributed by atoms with Crippen LogP contribution in [0.3, 0.4) is 0 Å². The molecule has 0 bridgehead atoms. The van der Waals surface area contributed by atoms with Gasteiger partial charge < -0.3 is 0 Å². The average molecular weight is 220 g/mol. The number of Topliss-reactive ketones (excluding diaryl/α,β-unsaturated/α-hetero) is 1. The van der Waals surface area contributed by atoms with Gasteiger partial charge in [-0.25, -0.2) is 0 Å². The molecule has 3 nitrogen and oxygen atoms in total. The van der Waals surface area contributed by atoms with Crippen molar-refractivity contribution >= 4 is 17.1 Å². The molecule has 2 aromatic rings. The highest BCUT2D eigenvalue weighted by atomic mass is 32.1. The topological polar surface area (TPSA) is 34.9 Å². The third kappa shape index (κ3) is 2.33. The predicted molar refractivity (Wildman–Crippen MR) is 60.3 cm³/mol. The first-order valence-electron chi connectivity index (χ1n) is 4.89. The first kappa shape index (κ1) is 10.1. The van der Waals surface area contributed by atoms with Crippen LogP contribution < -0.4 is 0 Å². The van der Waals surface area contributed by atoms with E-state index in [-0.39, 0.29) is 5.78 Å². The maximum Gasteiger partial charge on any atom is 0.194 e. The number of hydrogen-bond donors (Lipinski definition) is 0. The van der Waals surface area contributed by atoms with Crippen LogP contribution in [0.4, 0.5) is 0 Å². The second-order valence-corrected chi connectivity index (χ2v) is 4.41. The molecule has 2 rings (SSSR count). The summed E-state index contributed by atoms with van der Waals surface area (Å²) in [5, 5.41) is 4.01. The number of thiophene rings is 1. The Morgan fingerprint density at radius 1 is 1.53 bits per heavy atom. The van der Waals surface area contributed by atoms with Gasteiger partial charge in [-0.05, 0) is 24.6 Å². The van der Waals surface area contributed by atoms with Crippen LogP contribution in [0.15, 0.2) is 30.6 Å². The highest BCUT2D eigenvalue weighted by Gasteiger charge is 2.09. The van der Waals surface area contributed by atoms with E-state index in [2.05, 4.69) is 12.0 Å². The normalized spacial score (nSPS) is 10.5. The summed E-state index contributed by atoms with van der Waals surface area (Å²) in [6.45, 7) is 2.42. The summed E-state index contributed by atoms with van der Waals surface area (Å²) in [4.78, 5) is 13.9. The number of hydrogen-bond acceptors (Lipinski definition) is 3. The van der Waals surface area contributed by atoms with E-state index in [9.17, 15) is 4.79 Å². The maximum atomic E-state index is 11.8. The van der Waals surface area contributed by atoms with E-state index in [1.165, 1.54) is 4.88 Å². The van der Waals surface area contributed by atoms with Gasteiger partial charge in [-0.3, -0.25) is 9.48 Å². The van der Waals surface area contributed by atoms with Gasteiger partial charge in [0.15, 0.2) is 5.78 Å². The van der Waals surface area contributed by atoms with Crippen LogP contribution in [0, 0.1) is 0 Å². The Labute approximate surface area is 92.4 Å². The van der Waals surface area contributed by atoms with Gasteiger partial charge in [0.1, 0.15) is 6.54 Å². The number of carbonyl (C=O) groups excluding carboxylic acids is 1. The van der Waals surface area contributed by atoms with Crippen LogP contribution in [0.1, 0.15) is 21.5 Å². The van der Waals surface area contributed by atoms with Crippen LogP contribution in [0.25, 0.3) is 0 Å². The van der Waals surface area contributed by atoms with Crippen LogP contribution in [0.2, 0.25) is 0 Å². The minimum Gasteiger partial charge on any atom is -0.291 e. The first-order chi connectivity index (χ1) is 7.29. The molecule has 0 unspecified atom stereocenters. The molecule has 0 fully saturated rings. The Kier molecular flexibility index (Phi) is 2.97. The number of ketones is 1. The number of carbonyl (C=O) groups is 1. The molecule has 15 heavy (non-hydrogen) atoms. The SMILES string of the molecule is CCc1ccc(C(=O)Cn2cccn2)s1. The quantitative estimate of drug-likeness (QED) is 0.741. The number of aryl methyl sites for hydroxylation is 1. The van der Waals surface area contributed by atoms with E-state index in [4.69, 9.17) is 0 Å². The molecule has 0 saturated carbocycles. The molecule has 0 aliphatic carbocycles. The molecular weight excluding hydrogens is 208 g/mol. The summed E-state index contributed by atoms with van der Waals surface area (Å²) in [7, 11) is 0. The second kappa shape index (κ2) is 4.40. The summed E-state index contributed by atoms with van der Waals surface area (Å²) >= 11 is 1.57. The number of aromatic nitrogens is 2. The third-order valence-corrected chi connectivity index (χ3v) is 3.42. The van der Waals surface area contributed by atoms with Crippen molar-refractivity contribution in [2.75, 3.05) is 0 Å². The van der Waals surface area contributed by atoms with Crippen molar-refractivity contribution in [3.05, 3.63) is 40.3 Å². The molecule has 0 aromatic carbocycles. The summed E-state index contributed by atoms with van der Waals surface area (Å²) < 4.78 is 1.65. The van der Waals surface area contributed by atoms with Gasteiger partial charge in [0.25, 0.3) is 0 Å². The molecule has 0 saturated heterocycles. The lowest BCUT2D eigenvalue weighted by Gasteiger charge is -1.97. The minimum absolute atomic E-state index is 0.128. The Balaban J connectivity index is 2.08. The van der Waals surface area contributed by atoms with Gasteiger partial charge in [-0.15, -0.1) is 11.3 Å². The zero-order valence-corrected chi connectivity index (χ0v) is 9.33. The third-order valence-electron chi connectivity index (χ3n) is 2.15. The predicted octanol–water partition coefficient (Wildman–Crippen LogP) is 2.39. The molecule has 0 aliphatic heterocycles. The lowest BCUT2D eigenvalue weighted by Crippen LogP contribution is -2.09. The fourth-order valence-corrected chi connectivity index (χ4v) is 2.21. The Morgan fingerprint density at radius 3 is 3.00 bits per heavy atom. The van der Waals surface area contributed by atoms with E-state index in [0.717, 1.165) is 11.3 Å². The average Bonchev–Trinajstić information content (AvgIpc) is 2.86. The van der Waals surface area contributed by atoms with Crippen molar-refractivity contribution in [1.82, 2.24) is 9.78 Å². The molecule has 4 heteroatoms. The number of rotatable bonds is 4. The smallest absolute Gasteiger partial charge is 0.194 e. The van der Waals surface area contributed by atoms with Gasteiger partial charge in [0.05, 0.1) is 4.88 Å². The summed E-state index contributed by atoms with van der Waals surface area (Å²) in [5.41, 5.74) is 0. The molecule has 2 heterocycles. The van der Waals surface area contributed by atoms with Crippen molar-refractivity contribution in [1.29, 1.82) is 0 Å². The molecule has 2 aromatic heterocycles. The summed E-state index contributed by atoms with van der Waals surface area (Å²) in [5.74, 6) is 0.128. The van der Waals surface area contributed by atoms with Crippen LogP contribution in [-0.2, 0) is 13.0 Å². The largest absolute Gasteiger partial charge is 0.291 e. The monoisotopic (exact) mass is 220 g/mol. The van der Waals surface area contributed by atoms with Gasteiger partial charge in [0, 0.05) is 17.3 Å². The van der Waals surface area contributed by atoms with Crippen molar-refractivity contribution in [2.24, 2.45) is 0 Å². The molecule has 0 atom stereocenters.